The molecule has 0 heterocycles. The Bertz CT molecular complexity index is 444. The summed E-state index contributed by atoms with van der Waals surface area (Å²) in [6, 6.07) is 7.99. The number of nitrogens with one attached hydrogen (secondary N) is 1. The number of carbonyl (C=O) groups is 1. The molecule has 1 N–H and O–H groups in total. The van der Waals surface area contributed by atoms with Crippen LogP contribution in [0.15, 0.2) is 24.3 Å². The number of carbonyl (C=O) groups excluding carboxylic acids is 1. The molecule has 0 saturated heterocycles. The molecule has 1 aromatic carbocycles. The van der Waals surface area contributed by atoms with E-state index in [0.717, 1.165) is 23.7 Å². The summed E-state index contributed by atoms with van der Waals surface area (Å²) in [5.41, 5.74) is 1.08. The van der Waals surface area contributed by atoms with Crippen LogP contribution in [0.3, 0.4) is 0 Å². The molecular formula is C17H27ClN2O. The van der Waals surface area contributed by atoms with Crippen LogP contribution in [0.2, 0.25) is 5.02 Å². The second-order valence-corrected chi connectivity index (χ2v) is 6.07. The number of benzene rings is 1. The fraction of sp³-hybridized carbons (Fsp3) is 0.588. The summed E-state index contributed by atoms with van der Waals surface area (Å²) in [6.07, 6.45) is 0.563. The first-order valence-electron chi connectivity index (χ1n) is 7.74. The molecule has 118 valence electrons. The zero-order valence-corrected chi connectivity index (χ0v) is 14.3. The Morgan fingerprint density at radius 2 is 1.86 bits per heavy atom. The molecule has 1 aromatic rings. The van der Waals surface area contributed by atoms with Gasteiger partial charge in [-0.1, -0.05) is 57.5 Å². The van der Waals surface area contributed by atoms with Gasteiger partial charge in [-0.15, -0.1) is 0 Å². The molecule has 0 radical (unpaired) electrons. The Hall–Kier alpha value is -1.06. The number of halogens is 1. The maximum atomic E-state index is 11.9. The van der Waals surface area contributed by atoms with E-state index in [2.05, 4.69) is 37.9 Å². The fourth-order valence-corrected chi connectivity index (χ4v) is 2.76. The predicted octanol–water partition coefficient (Wildman–Crippen LogP) is 3.89. The number of amides is 1. The summed E-state index contributed by atoms with van der Waals surface area (Å²) < 4.78 is 0. The molecule has 0 aliphatic rings. The largest absolute Gasteiger partial charge is 0.354 e. The summed E-state index contributed by atoms with van der Waals surface area (Å²) in [7, 11) is 0. The highest BCUT2D eigenvalue weighted by atomic mass is 35.5. The SMILES string of the molecule is CCN(CC)[C@@H](CNC(=O)CC(C)C)c1ccccc1Cl. The lowest BCUT2D eigenvalue weighted by molar-refractivity contribution is -0.122. The first kappa shape index (κ1) is 18.0. The molecule has 1 rings (SSSR count). The summed E-state index contributed by atoms with van der Waals surface area (Å²) in [5, 5.41) is 3.81. The van der Waals surface area contributed by atoms with Crippen LogP contribution in [-0.2, 0) is 4.79 Å². The lowest BCUT2D eigenvalue weighted by Crippen LogP contribution is -2.38. The van der Waals surface area contributed by atoms with Crippen molar-refractivity contribution < 1.29 is 4.79 Å². The first-order valence-corrected chi connectivity index (χ1v) is 8.12. The van der Waals surface area contributed by atoms with Crippen molar-refractivity contribution in [1.29, 1.82) is 0 Å². The quantitative estimate of drug-likeness (QED) is 0.790. The molecule has 21 heavy (non-hydrogen) atoms. The van der Waals surface area contributed by atoms with Gasteiger partial charge in [0.15, 0.2) is 0 Å². The maximum absolute atomic E-state index is 11.9. The van der Waals surface area contributed by atoms with E-state index in [-0.39, 0.29) is 11.9 Å². The predicted molar refractivity (Wildman–Crippen MR) is 89.6 cm³/mol. The average molecular weight is 311 g/mol. The smallest absolute Gasteiger partial charge is 0.220 e. The van der Waals surface area contributed by atoms with Crippen molar-refractivity contribution in [3.63, 3.8) is 0 Å². The molecule has 0 spiro atoms. The maximum Gasteiger partial charge on any atom is 0.220 e. The number of hydrogen-bond acceptors (Lipinski definition) is 2. The Balaban J connectivity index is 2.84. The third-order valence-electron chi connectivity index (χ3n) is 3.60. The van der Waals surface area contributed by atoms with Crippen molar-refractivity contribution in [2.75, 3.05) is 19.6 Å². The number of nitrogens with zero attached hydrogens (tertiary/aromatic N) is 1. The summed E-state index contributed by atoms with van der Waals surface area (Å²) >= 11 is 6.34. The van der Waals surface area contributed by atoms with Crippen molar-refractivity contribution in [1.82, 2.24) is 10.2 Å². The lowest BCUT2D eigenvalue weighted by Gasteiger charge is -2.31. The molecule has 0 fully saturated rings. The van der Waals surface area contributed by atoms with E-state index in [9.17, 15) is 4.79 Å². The van der Waals surface area contributed by atoms with E-state index in [4.69, 9.17) is 11.6 Å². The lowest BCUT2D eigenvalue weighted by atomic mass is 10.0. The van der Waals surface area contributed by atoms with E-state index in [1.807, 2.05) is 24.3 Å². The van der Waals surface area contributed by atoms with Gasteiger partial charge in [-0.25, -0.2) is 0 Å². The summed E-state index contributed by atoms with van der Waals surface area (Å²) in [4.78, 5) is 14.2. The second kappa shape index (κ2) is 9.06. The Kier molecular flexibility index (Phi) is 7.76. The molecule has 0 aromatic heterocycles. The highest BCUT2D eigenvalue weighted by Gasteiger charge is 2.21. The van der Waals surface area contributed by atoms with E-state index in [1.54, 1.807) is 0 Å². The molecule has 0 aliphatic carbocycles. The van der Waals surface area contributed by atoms with Crippen molar-refractivity contribution in [3.8, 4) is 0 Å². The van der Waals surface area contributed by atoms with Crippen LogP contribution in [0.4, 0.5) is 0 Å². The Morgan fingerprint density at radius 3 is 2.38 bits per heavy atom. The average Bonchev–Trinajstić information content (AvgIpc) is 2.43. The minimum absolute atomic E-state index is 0.106. The fourth-order valence-electron chi connectivity index (χ4n) is 2.50. The molecule has 4 heteroatoms. The van der Waals surface area contributed by atoms with Crippen LogP contribution in [0.25, 0.3) is 0 Å². The highest BCUT2D eigenvalue weighted by molar-refractivity contribution is 6.31. The minimum Gasteiger partial charge on any atom is -0.354 e. The van der Waals surface area contributed by atoms with Crippen LogP contribution < -0.4 is 5.32 Å². The zero-order valence-electron chi connectivity index (χ0n) is 13.5. The van der Waals surface area contributed by atoms with Crippen LogP contribution in [0.5, 0.6) is 0 Å². The third-order valence-corrected chi connectivity index (χ3v) is 3.95. The molecule has 3 nitrogen and oxygen atoms in total. The van der Waals surface area contributed by atoms with E-state index in [1.165, 1.54) is 0 Å². The van der Waals surface area contributed by atoms with Crippen LogP contribution in [0.1, 0.15) is 45.7 Å². The standard InChI is InChI=1S/C17H27ClN2O/c1-5-20(6-2)16(12-19-17(21)11-13(3)4)14-9-7-8-10-15(14)18/h7-10,13,16H,5-6,11-12H2,1-4H3,(H,19,21)/t16-/m0/s1. The van der Waals surface area contributed by atoms with Gasteiger partial charge in [0, 0.05) is 18.0 Å². The van der Waals surface area contributed by atoms with Gasteiger partial charge in [0.05, 0.1) is 6.04 Å². The van der Waals surface area contributed by atoms with E-state index < -0.39 is 0 Å². The summed E-state index contributed by atoms with van der Waals surface area (Å²) in [5.74, 6) is 0.478. The Labute approximate surface area is 133 Å². The highest BCUT2D eigenvalue weighted by Crippen LogP contribution is 2.26. The van der Waals surface area contributed by atoms with Crippen LogP contribution in [-0.4, -0.2) is 30.4 Å². The molecule has 1 atom stereocenters. The van der Waals surface area contributed by atoms with Gasteiger partial charge in [0.1, 0.15) is 0 Å². The zero-order chi connectivity index (χ0) is 15.8. The van der Waals surface area contributed by atoms with Gasteiger partial charge >= 0.3 is 0 Å². The van der Waals surface area contributed by atoms with E-state index in [0.29, 0.717) is 18.9 Å². The number of rotatable bonds is 8. The van der Waals surface area contributed by atoms with Crippen molar-refractivity contribution >= 4 is 17.5 Å². The molecule has 1 amide bonds. The van der Waals surface area contributed by atoms with Crippen LogP contribution >= 0.6 is 11.6 Å². The normalized spacial score (nSPS) is 12.7. The topological polar surface area (TPSA) is 32.3 Å². The molecule has 0 unspecified atom stereocenters. The van der Waals surface area contributed by atoms with Gasteiger partial charge in [-0.3, -0.25) is 9.69 Å². The van der Waals surface area contributed by atoms with Crippen LogP contribution in [0, 0.1) is 5.92 Å². The second-order valence-electron chi connectivity index (χ2n) is 5.66. The molecule has 0 saturated carbocycles. The number of hydrogen-bond donors (Lipinski definition) is 1. The van der Waals surface area contributed by atoms with Gasteiger partial charge < -0.3 is 5.32 Å². The Morgan fingerprint density at radius 1 is 1.24 bits per heavy atom. The monoisotopic (exact) mass is 310 g/mol. The van der Waals surface area contributed by atoms with E-state index >= 15 is 0 Å². The van der Waals surface area contributed by atoms with Gasteiger partial charge in [0.25, 0.3) is 0 Å². The van der Waals surface area contributed by atoms with Gasteiger partial charge in [0.2, 0.25) is 5.91 Å². The first-order chi connectivity index (χ1) is 9.99. The van der Waals surface area contributed by atoms with Crippen molar-refractivity contribution in [2.24, 2.45) is 5.92 Å². The van der Waals surface area contributed by atoms with Crippen molar-refractivity contribution in [3.05, 3.63) is 34.9 Å². The minimum atomic E-state index is 0.106. The summed E-state index contributed by atoms with van der Waals surface area (Å²) in [6.45, 7) is 10.8. The van der Waals surface area contributed by atoms with Gasteiger partial charge in [-0.2, -0.15) is 0 Å². The van der Waals surface area contributed by atoms with Crippen molar-refractivity contribution in [2.45, 2.75) is 40.2 Å². The third kappa shape index (κ3) is 5.68. The molecule has 0 bridgehead atoms. The molecular weight excluding hydrogens is 284 g/mol. The van der Waals surface area contributed by atoms with Gasteiger partial charge in [-0.05, 0) is 30.6 Å². The molecule has 0 aliphatic heterocycles. The number of likely N-dealkylation sites (N-methyl/N-ethyl adjacent to an activating group) is 1.